The molecule has 1 aromatic heterocycles. The zero-order valence-corrected chi connectivity index (χ0v) is 11.5. The van der Waals surface area contributed by atoms with Gasteiger partial charge in [0.25, 0.3) is 5.88 Å². The van der Waals surface area contributed by atoms with E-state index < -0.39 is 0 Å². The third-order valence-corrected chi connectivity index (χ3v) is 3.27. The maximum Gasteiger partial charge on any atom is 0.254 e. The fraction of sp³-hybridized carbons (Fsp3) is 0.231. The fourth-order valence-corrected chi connectivity index (χ4v) is 2.05. The molecular weight excluding hydrogens is 312 g/mol. The van der Waals surface area contributed by atoms with Gasteiger partial charge in [-0.25, -0.2) is 0 Å². The van der Waals surface area contributed by atoms with Crippen LogP contribution in [0.1, 0.15) is 12.0 Å². The Morgan fingerprint density at radius 2 is 2.11 bits per heavy atom. The molecule has 1 aromatic carbocycles. The first-order chi connectivity index (χ1) is 9.31. The standard InChI is InChI=1S/C13H11BrN2O3/c14-10-3-1-9(2-4-10)12-7-11(19-15-12)8-17-13-5-6-18-16-13/h1-6,11H,7-8H2/t11-/m0/s1. The molecule has 6 heteroatoms. The maximum atomic E-state index is 5.42. The second-order valence-corrected chi connectivity index (χ2v) is 5.04. The molecule has 1 aliphatic rings. The van der Waals surface area contributed by atoms with Crippen LogP contribution in [0.4, 0.5) is 0 Å². The van der Waals surface area contributed by atoms with Crippen molar-refractivity contribution >= 4 is 21.6 Å². The molecule has 0 radical (unpaired) electrons. The molecule has 3 rings (SSSR count). The van der Waals surface area contributed by atoms with Gasteiger partial charge in [0, 0.05) is 17.0 Å². The summed E-state index contributed by atoms with van der Waals surface area (Å²) in [4.78, 5) is 5.34. The number of ether oxygens (including phenoxy) is 1. The van der Waals surface area contributed by atoms with E-state index in [1.165, 1.54) is 6.26 Å². The predicted molar refractivity (Wildman–Crippen MR) is 72.2 cm³/mol. The van der Waals surface area contributed by atoms with Gasteiger partial charge in [-0.1, -0.05) is 33.2 Å². The summed E-state index contributed by atoms with van der Waals surface area (Å²) in [5.41, 5.74) is 1.99. The lowest BCUT2D eigenvalue weighted by Crippen LogP contribution is -2.18. The van der Waals surface area contributed by atoms with Gasteiger partial charge in [0.1, 0.15) is 12.9 Å². The smallest absolute Gasteiger partial charge is 0.254 e. The molecule has 19 heavy (non-hydrogen) atoms. The number of oxime groups is 1. The Labute approximate surface area is 118 Å². The molecule has 2 aromatic rings. The first-order valence-corrected chi connectivity index (χ1v) is 6.62. The van der Waals surface area contributed by atoms with Crippen molar-refractivity contribution in [1.82, 2.24) is 5.16 Å². The molecule has 0 aliphatic carbocycles. The van der Waals surface area contributed by atoms with E-state index in [0.717, 1.165) is 22.2 Å². The number of nitrogens with zero attached hydrogens (tertiary/aromatic N) is 2. The molecule has 0 fully saturated rings. The minimum atomic E-state index is -0.0876. The van der Waals surface area contributed by atoms with Crippen molar-refractivity contribution in [2.45, 2.75) is 12.5 Å². The largest absolute Gasteiger partial charge is 0.471 e. The molecule has 0 unspecified atom stereocenters. The number of aromatic nitrogens is 1. The summed E-state index contributed by atoms with van der Waals surface area (Å²) in [6.45, 7) is 0.399. The highest BCUT2D eigenvalue weighted by Gasteiger charge is 2.23. The molecule has 0 N–H and O–H groups in total. The zero-order valence-electron chi connectivity index (χ0n) is 9.95. The Balaban J connectivity index is 1.56. The van der Waals surface area contributed by atoms with Gasteiger partial charge in [-0.15, -0.1) is 0 Å². The van der Waals surface area contributed by atoms with Crippen molar-refractivity contribution < 1.29 is 14.1 Å². The summed E-state index contributed by atoms with van der Waals surface area (Å²) in [6.07, 6.45) is 2.10. The van der Waals surface area contributed by atoms with Gasteiger partial charge in [0.15, 0.2) is 6.10 Å². The molecule has 0 bridgehead atoms. The molecule has 0 saturated heterocycles. The molecule has 0 spiro atoms. The minimum Gasteiger partial charge on any atom is -0.471 e. The summed E-state index contributed by atoms with van der Waals surface area (Å²) in [7, 11) is 0. The molecule has 1 atom stereocenters. The maximum absolute atomic E-state index is 5.42. The molecule has 2 heterocycles. The van der Waals surface area contributed by atoms with Gasteiger partial charge in [0.05, 0.1) is 5.71 Å². The van der Waals surface area contributed by atoms with E-state index in [2.05, 4.69) is 30.8 Å². The number of hydrogen-bond acceptors (Lipinski definition) is 5. The normalized spacial score (nSPS) is 17.9. The van der Waals surface area contributed by atoms with Gasteiger partial charge >= 0.3 is 0 Å². The van der Waals surface area contributed by atoms with Crippen molar-refractivity contribution in [3.8, 4) is 5.88 Å². The average molecular weight is 323 g/mol. The highest BCUT2D eigenvalue weighted by atomic mass is 79.9. The lowest BCUT2D eigenvalue weighted by Gasteiger charge is -2.07. The number of rotatable bonds is 4. The molecule has 5 nitrogen and oxygen atoms in total. The van der Waals surface area contributed by atoms with E-state index in [4.69, 9.17) is 9.57 Å². The summed E-state index contributed by atoms with van der Waals surface area (Å²) < 4.78 is 11.1. The van der Waals surface area contributed by atoms with Gasteiger partial charge < -0.3 is 14.1 Å². The molecular formula is C13H11BrN2O3. The highest BCUT2D eigenvalue weighted by Crippen LogP contribution is 2.19. The zero-order chi connectivity index (χ0) is 13.1. The SMILES string of the molecule is Brc1ccc(C2=NO[C@H](COc3ccon3)C2)cc1. The van der Waals surface area contributed by atoms with Crippen LogP contribution in [0.3, 0.4) is 0 Å². The summed E-state index contributed by atoms with van der Waals surface area (Å²) in [5, 5.41) is 7.76. The third-order valence-electron chi connectivity index (χ3n) is 2.74. The molecule has 1 aliphatic heterocycles. The van der Waals surface area contributed by atoms with Crippen LogP contribution >= 0.6 is 15.9 Å². The molecule has 0 saturated carbocycles. The van der Waals surface area contributed by atoms with Crippen LogP contribution in [0.25, 0.3) is 0 Å². The fourth-order valence-electron chi connectivity index (χ4n) is 1.78. The highest BCUT2D eigenvalue weighted by molar-refractivity contribution is 9.10. The van der Waals surface area contributed by atoms with Crippen molar-refractivity contribution in [1.29, 1.82) is 0 Å². The number of halogens is 1. The van der Waals surface area contributed by atoms with Crippen molar-refractivity contribution in [2.24, 2.45) is 5.16 Å². The Bertz CT molecular complexity index is 566. The Kier molecular flexibility index (Phi) is 3.50. The van der Waals surface area contributed by atoms with E-state index in [1.54, 1.807) is 6.07 Å². The Morgan fingerprint density at radius 1 is 1.26 bits per heavy atom. The van der Waals surface area contributed by atoms with Crippen molar-refractivity contribution in [3.63, 3.8) is 0 Å². The van der Waals surface area contributed by atoms with Crippen LogP contribution in [0.15, 0.2) is 50.7 Å². The number of benzene rings is 1. The second-order valence-electron chi connectivity index (χ2n) is 4.13. The van der Waals surface area contributed by atoms with Crippen molar-refractivity contribution in [3.05, 3.63) is 46.6 Å². The van der Waals surface area contributed by atoms with Crippen LogP contribution < -0.4 is 4.74 Å². The first kappa shape index (κ1) is 12.2. The van der Waals surface area contributed by atoms with Crippen LogP contribution in [0.5, 0.6) is 5.88 Å². The first-order valence-electron chi connectivity index (χ1n) is 5.83. The van der Waals surface area contributed by atoms with Crippen LogP contribution in [-0.4, -0.2) is 23.6 Å². The molecule has 0 amide bonds. The lowest BCUT2D eigenvalue weighted by molar-refractivity contribution is 0.0446. The van der Waals surface area contributed by atoms with Gasteiger partial charge in [0.2, 0.25) is 0 Å². The quantitative estimate of drug-likeness (QED) is 0.868. The van der Waals surface area contributed by atoms with Gasteiger partial charge in [-0.2, -0.15) is 0 Å². The van der Waals surface area contributed by atoms with Crippen LogP contribution in [0.2, 0.25) is 0 Å². The van der Waals surface area contributed by atoms with E-state index in [-0.39, 0.29) is 6.10 Å². The van der Waals surface area contributed by atoms with E-state index in [1.807, 2.05) is 24.3 Å². The Hall–Kier alpha value is -1.82. The van der Waals surface area contributed by atoms with Crippen LogP contribution in [0, 0.1) is 0 Å². The predicted octanol–water partition coefficient (Wildman–Crippen LogP) is 3.01. The third kappa shape index (κ3) is 2.96. The second kappa shape index (κ2) is 5.44. The summed E-state index contributed by atoms with van der Waals surface area (Å²) >= 11 is 3.41. The van der Waals surface area contributed by atoms with Crippen molar-refractivity contribution in [2.75, 3.05) is 6.61 Å². The number of hydrogen-bond donors (Lipinski definition) is 0. The average Bonchev–Trinajstić information content (AvgIpc) is 3.09. The monoisotopic (exact) mass is 322 g/mol. The molecule has 98 valence electrons. The Morgan fingerprint density at radius 3 is 2.84 bits per heavy atom. The van der Waals surface area contributed by atoms with E-state index in [9.17, 15) is 0 Å². The topological polar surface area (TPSA) is 56.9 Å². The summed E-state index contributed by atoms with van der Waals surface area (Å²) in [5.74, 6) is 0.459. The van der Waals surface area contributed by atoms with E-state index >= 15 is 0 Å². The van der Waals surface area contributed by atoms with Gasteiger partial charge in [-0.05, 0) is 22.9 Å². The lowest BCUT2D eigenvalue weighted by atomic mass is 10.1. The summed E-state index contributed by atoms with van der Waals surface area (Å²) in [6, 6.07) is 9.64. The van der Waals surface area contributed by atoms with Crippen LogP contribution in [-0.2, 0) is 4.84 Å². The van der Waals surface area contributed by atoms with E-state index in [0.29, 0.717) is 12.5 Å². The minimum absolute atomic E-state index is 0.0876. The van der Waals surface area contributed by atoms with Gasteiger partial charge in [-0.3, -0.25) is 0 Å².